The first-order chi connectivity index (χ1) is 13.5. The molecule has 0 unspecified atom stereocenters. The second kappa shape index (κ2) is 6.62. The predicted octanol–water partition coefficient (Wildman–Crippen LogP) is 1.24. The molecule has 1 fully saturated rings. The molecule has 158 valence electrons. The van der Waals surface area contributed by atoms with Gasteiger partial charge in [0.1, 0.15) is 18.4 Å². The van der Waals surface area contributed by atoms with Gasteiger partial charge in [-0.15, -0.1) is 0 Å². The smallest absolute Gasteiger partial charge is 0.337 e. The molecule has 2 aromatic rings. The van der Waals surface area contributed by atoms with Crippen LogP contribution in [0.15, 0.2) is 9.32 Å². The van der Waals surface area contributed by atoms with Crippen LogP contribution < -0.4 is 5.69 Å². The second-order valence-corrected chi connectivity index (χ2v) is 7.01. The van der Waals surface area contributed by atoms with Crippen LogP contribution in [0.1, 0.15) is 42.8 Å². The van der Waals surface area contributed by atoms with Gasteiger partial charge in [0.15, 0.2) is 0 Å². The minimum Gasteiger partial charge on any atom is -0.337 e. The Kier molecular flexibility index (Phi) is 4.46. The van der Waals surface area contributed by atoms with Crippen molar-refractivity contribution in [2.45, 2.75) is 50.4 Å². The van der Waals surface area contributed by atoms with Gasteiger partial charge in [0.05, 0.1) is 6.54 Å². The molecule has 0 aliphatic carbocycles. The van der Waals surface area contributed by atoms with Crippen LogP contribution in [-0.2, 0) is 23.9 Å². The Labute approximate surface area is 159 Å². The number of hydrogen-bond donors (Lipinski definition) is 0. The first-order valence-corrected chi connectivity index (χ1v) is 8.80. The first kappa shape index (κ1) is 19.5. The summed E-state index contributed by atoms with van der Waals surface area (Å²) < 4.78 is 71.1. The van der Waals surface area contributed by atoms with Crippen molar-refractivity contribution in [3.8, 4) is 0 Å². The van der Waals surface area contributed by atoms with Crippen LogP contribution in [-0.4, -0.2) is 54.3 Å². The fourth-order valence-corrected chi connectivity index (χ4v) is 3.57. The second-order valence-electron chi connectivity index (χ2n) is 7.01. The Morgan fingerprint density at radius 1 is 1.31 bits per heavy atom. The molecule has 1 saturated heterocycles. The summed E-state index contributed by atoms with van der Waals surface area (Å²) >= 11 is 0. The standard InChI is InChI=1S/C15H15F5N6O3/c16-14(17)4-5-24(7-14)11(27)8-2-1-3-9-22-25(13(28)26(8)9)6-10-21-12(23-29-10)15(18,19)20/h8H,1-7H2/t8-/m0/s1. The number of nitrogens with zero attached hydrogens (tertiary/aromatic N) is 6. The number of amides is 1. The lowest BCUT2D eigenvalue weighted by atomic mass is 10.0. The van der Waals surface area contributed by atoms with E-state index < -0.39 is 61.0 Å². The lowest BCUT2D eigenvalue weighted by molar-refractivity contribution is -0.146. The van der Waals surface area contributed by atoms with Crippen molar-refractivity contribution in [3.05, 3.63) is 28.0 Å². The van der Waals surface area contributed by atoms with Gasteiger partial charge in [0, 0.05) is 19.4 Å². The largest absolute Gasteiger partial charge is 0.455 e. The molecule has 29 heavy (non-hydrogen) atoms. The molecular weight excluding hydrogens is 407 g/mol. The molecule has 0 saturated carbocycles. The third-order valence-electron chi connectivity index (χ3n) is 4.90. The fraction of sp³-hybridized carbons (Fsp3) is 0.667. The van der Waals surface area contributed by atoms with Crippen molar-refractivity contribution in [2.24, 2.45) is 0 Å². The molecule has 0 radical (unpaired) electrons. The van der Waals surface area contributed by atoms with E-state index in [2.05, 4.69) is 19.8 Å². The van der Waals surface area contributed by atoms with Crippen molar-refractivity contribution in [2.75, 3.05) is 13.1 Å². The highest BCUT2D eigenvalue weighted by atomic mass is 19.4. The number of aromatic nitrogens is 5. The molecule has 0 N–H and O–H groups in total. The van der Waals surface area contributed by atoms with Gasteiger partial charge in [0.25, 0.3) is 11.7 Å². The maximum absolute atomic E-state index is 13.4. The van der Waals surface area contributed by atoms with Crippen LogP contribution in [0.3, 0.4) is 0 Å². The summed E-state index contributed by atoms with van der Waals surface area (Å²) in [5.41, 5.74) is -0.754. The molecule has 2 aliphatic rings. The number of hydrogen-bond acceptors (Lipinski definition) is 6. The van der Waals surface area contributed by atoms with Crippen molar-refractivity contribution < 1.29 is 31.3 Å². The molecule has 2 aromatic heterocycles. The van der Waals surface area contributed by atoms with Gasteiger partial charge in [-0.05, 0) is 12.8 Å². The highest BCUT2D eigenvalue weighted by molar-refractivity contribution is 5.81. The van der Waals surface area contributed by atoms with Gasteiger partial charge in [-0.3, -0.25) is 9.36 Å². The number of carbonyl (C=O) groups is 1. The summed E-state index contributed by atoms with van der Waals surface area (Å²) in [7, 11) is 0. The van der Waals surface area contributed by atoms with Crippen molar-refractivity contribution >= 4 is 5.91 Å². The van der Waals surface area contributed by atoms with E-state index in [1.54, 1.807) is 0 Å². The average Bonchev–Trinajstić information content (AvgIpc) is 3.33. The average molecular weight is 422 g/mol. The minimum absolute atomic E-state index is 0.108. The zero-order valence-corrected chi connectivity index (χ0v) is 14.8. The Balaban J connectivity index is 1.59. The Bertz CT molecular complexity index is 993. The molecule has 4 heterocycles. The van der Waals surface area contributed by atoms with Crippen LogP contribution >= 0.6 is 0 Å². The van der Waals surface area contributed by atoms with Gasteiger partial charge in [-0.25, -0.2) is 18.3 Å². The molecular formula is C15H15F5N6O3. The lowest BCUT2D eigenvalue weighted by Gasteiger charge is -2.27. The van der Waals surface area contributed by atoms with E-state index in [4.69, 9.17) is 0 Å². The molecule has 0 aromatic carbocycles. The number of likely N-dealkylation sites (tertiary alicyclic amines) is 1. The van der Waals surface area contributed by atoms with E-state index in [-0.39, 0.29) is 18.8 Å². The topological polar surface area (TPSA) is 99.0 Å². The molecule has 1 atom stereocenters. The van der Waals surface area contributed by atoms with Crippen molar-refractivity contribution in [1.29, 1.82) is 0 Å². The van der Waals surface area contributed by atoms with E-state index >= 15 is 0 Å². The number of alkyl halides is 5. The van der Waals surface area contributed by atoms with Crippen LogP contribution in [0, 0.1) is 0 Å². The van der Waals surface area contributed by atoms with Crippen LogP contribution in [0.25, 0.3) is 0 Å². The van der Waals surface area contributed by atoms with Crippen molar-refractivity contribution in [3.63, 3.8) is 0 Å². The third-order valence-corrected chi connectivity index (χ3v) is 4.90. The summed E-state index contributed by atoms with van der Waals surface area (Å²) in [5, 5.41) is 6.86. The van der Waals surface area contributed by atoms with E-state index in [0.29, 0.717) is 12.8 Å². The van der Waals surface area contributed by atoms with Gasteiger partial charge in [-0.2, -0.15) is 23.3 Å². The summed E-state index contributed by atoms with van der Waals surface area (Å²) in [4.78, 5) is 29.6. The van der Waals surface area contributed by atoms with E-state index in [1.165, 1.54) is 0 Å². The monoisotopic (exact) mass is 422 g/mol. The van der Waals surface area contributed by atoms with Gasteiger partial charge in [0.2, 0.25) is 11.8 Å². The van der Waals surface area contributed by atoms with Gasteiger partial charge >= 0.3 is 11.9 Å². The van der Waals surface area contributed by atoms with Crippen LogP contribution in [0.2, 0.25) is 0 Å². The summed E-state index contributed by atoms with van der Waals surface area (Å²) in [5.74, 6) is -5.26. The lowest BCUT2D eigenvalue weighted by Crippen LogP contribution is -2.42. The predicted molar refractivity (Wildman–Crippen MR) is 83.0 cm³/mol. The van der Waals surface area contributed by atoms with Gasteiger partial charge in [-0.1, -0.05) is 5.16 Å². The summed E-state index contributed by atoms with van der Waals surface area (Å²) in [6, 6.07) is -0.984. The molecule has 4 rings (SSSR count). The quantitative estimate of drug-likeness (QED) is 0.691. The number of aryl methyl sites for hydroxylation is 1. The molecule has 0 spiro atoms. The van der Waals surface area contributed by atoms with E-state index in [1.807, 2.05) is 0 Å². The number of halogens is 5. The number of rotatable bonds is 3. The zero-order valence-electron chi connectivity index (χ0n) is 14.8. The molecule has 14 heteroatoms. The third kappa shape index (κ3) is 3.62. The minimum atomic E-state index is -4.80. The normalized spacial score (nSPS) is 21.4. The van der Waals surface area contributed by atoms with Crippen molar-refractivity contribution in [1.82, 2.24) is 29.4 Å². The van der Waals surface area contributed by atoms with E-state index in [9.17, 15) is 31.5 Å². The first-order valence-electron chi connectivity index (χ1n) is 8.80. The maximum atomic E-state index is 13.4. The SMILES string of the molecule is O=C([C@@H]1CCCc2nn(Cc3nc(C(F)(F)F)no3)c(=O)n21)N1CCC(F)(F)C1. The molecule has 0 bridgehead atoms. The molecule has 1 amide bonds. The number of fused-ring (bicyclic) bond motifs is 1. The summed E-state index contributed by atoms with van der Waals surface area (Å²) in [6.45, 7) is -1.32. The Hall–Kier alpha value is -2.80. The van der Waals surface area contributed by atoms with Gasteiger partial charge < -0.3 is 9.42 Å². The highest BCUT2D eigenvalue weighted by Crippen LogP contribution is 2.31. The highest BCUT2D eigenvalue weighted by Gasteiger charge is 2.43. The number of carbonyl (C=O) groups excluding carboxylic acids is 1. The summed E-state index contributed by atoms with van der Waals surface area (Å²) in [6.07, 6.45) is -4.09. The van der Waals surface area contributed by atoms with Crippen LogP contribution in [0.4, 0.5) is 22.0 Å². The van der Waals surface area contributed by atoms with E-state index in [0.717, 1.165) is 14.1 Å². The molecule has 9 nitrogen and oxygen atoms in total. The Morgan fingerprint density at radius 3 is 2.69 bits per heavy atom. The molecule has 2 aliphatic heterocycles. The zero-order chi connectivity index (χ0) is 21.0. The van der Waals surface area contributed by atoms with Crippen LogP contribution in [0.5, 0.6) is 0 Å². The Morgan fingerprint density at radius 2 is 2.07 bits per heavy atom. The maximum Gasteiger partial charge on any atom is 0.455 e. The fourth-order valence-electron chi connectivity index (χ4n) is 3.57.